The molecule has 0 unspecified atom stereocenters. The molecule has 0 aromatic heterocycles. The van der Waals surface area contributed by atoms with Crippen LogP contribution >= 0.6 is 11.8 Å². The van der Waals surface area contributed by atoms with E-state index in [2.05, 4.69) is 10.0 Å². The molecule has 1 amide bonds. The van der Waals surface area contributed by atoms with Crippen LogP contribution in [0.15, 0.2) is 65.6 Å². The van der Waals surface area contributed by atoms with E-state index in [1.54, 1.807) is 49.4 Å². The number of aryl methyl sites for hydroxylation is 2. The summed E-state index contributed by atoms with van der Waals surface area (Å²) in [6.07, 6.45) is 0. The highest BCUT2D eigenvalue weighted by atomic mass is 32.2. The quantitative estimate of drug-likeness (QED) is 0.407. The zero-order valence-electron chi connectivity index (χ0n) is 18.8. The first kappa shape index (κ1) is 24.8. The van der Waals surface area contributed by atoms with Crippen LogP contribution in [0, 0.1) is 26.6 Å². The molecule has 0 saturated carbocycles. The summed E-state index contributed by atoms with van der Waals surface area (Å²) in [5.74, 6) is 0.520. The molecule has 0 spiro atoms. The van der Waals surface area contributed by atoms with Gasteiger partial charge in [0.25, 0.3) is 15.9 Å². The van der Waals surface area contributed by atoms with Gasteiger partial charge in [-0.3, -0.25) is 9.52 Å². The third-order valence-electron chi connectivity index (χ3n) is 5.34. The molecule has 3 aromatic carbocycles. The molecule has 0 aliphatic carbocycles. The number of thioether (sulfide) groups is 1. The van der Waals surface area contributed by atoms with Gasteiger partial charge in [-0.2, -0.15) is 11.8 Å². The molecule has 2 N–H and O–H groups in total. The van der Waals surface area contributed by atoms with Crippen molar-refractivity contribution in [3.63, 3.8) is 0 Å². The molecule has 8 heteroatoms. The Morgan fingerprint density at radius 2 is 1.73 bits per heavy atom. The van der Waals surface area contributed by atoms with Crippen molar-refractivity contribution in [3.8, 4) is 0 Å². The minimum atomic E-state index is -3.87. The normalized spacial score (nSPS) is 11.3. The number of carbonyl (C=O) groups is 1. The third-order valence-corrected chi connectivity index (χ3v) is 7.85. The molecule has 0 fully saturated rings. The van der Waals surface area contributed by atoms with Gasteiger partial charge in [0.1, 0.15) is 5.82 Å². The Morgan fingerprint density at radius 1 is 0.970 bits per heavy atom. The van der Waals surface area contributed by atoms with Gasteiger partial charge >= 0.3 is 0 Å². The fourth-order valence-corrected chi connectivity index (χ4v) is 5.47. The highest BCUT2D eigenvalue weighted by molar-refractivity contribution is 7.98. The van der Waals surface area contributed by atoms with Gasteiger partial charge in [0.15, 0.2) is 0 Å². The molecular formula is C25H27FN2O3S2. The Kier molecular flexibility index (Phi) is 8.15. The molecule has 5 nitrogen and oxygen atoms in total. The van der Waals surface area contributed by atoms with Crippen LogP contribution in [0.2, 0.25) is 0 Å². The molecule has 174 valence electrons. The van der Waals surface area contributed by atoms with Gasteiger partial charge in [-0.05, 0) is 67.3 Å². The van der Waals surface area contributed by atoms with Gasteiger partial charge in [-0.15, -0.1) is 0 Å². The van der Waals surface area contributed by atoms with Crippen LogP contribution in [0.3, 0.4) is 0 Å². The Balaban J connectivity index is 1.63. The Morgan fingerprint density at radius 3 is 2.48 bits per heavy atom. The minimum Gasteiger partial charge on any atom is -0.351 e. The number of benzene rings is 3. The summed E-state index contributed by atoms with van der Waals surface area (Å²) < 4.78 is 42.4. The van der Waals surface area contributed by atoms with Crippen LogP contribution in [0.4, 0.5) is 10.1 Å². The van der Waals surface area contributed by atoms with E-state index in [0.29, 0.717) is 34.9 Å². The van der Waals surface area contributed by atoms with Crippen molar-refractivity contribution >= 4 is 33.4 Å². The lowest BCUT2D eigenvalue weighted by Gasteiger charge is -2.14. The van der Waals surface area contributed by atoms with Crippen molar-refractivity contribution in [1.82, 2.24) is 5.32 Å². The van der Waals surface area contributed by atoms with E-state index in [1.165, 1.54) is 23.9 Å². The molecule has 0 aliphatic heterocycles. The molecule has 3 aromatic rings. The summed E-state index contributed by atoms with van der Waals surface area (Å²) in [7, 11) is -3.87. The molecule has 3 rings (SSSR count). The summed E-state index contributed by atoms with van der Waals surface area (Å²) in [6, 6.07) is 16.6. The van der Waals surface area contributed by atoms with Crippen LogP contribution < -0.4 is 10.0 Å². The first-order chi connectivity index (χ1) is 15.7. The van der Waals surface area contributed by atoms with E-state index < -0.39 is 10.0 Å². The van der Waals surface area contributed by atoms with Gasteiger partial charge in [-0.25, -0.2) is 12.8 Å². The number of carbonyl (C=O) groups excluding carboxylic acids is 1. The fraction of sp³-hybridized carbons (Fsp3) is 0.240. The van der Waals surface area contributed by atoms with Crippen molar-refractivity contribution in [1.29, 1.82) is 0 Å². The summed E-state index contributed by atoms with van der Waals surface area (Å²) in [5, 5.41) is 2.80. The average molecular weight is 487 g/mol. The molecule has 0 bridgehead atoms. The van der Waals surface area contributed by atoms with Gasteiger partial charge in [0.05, 0.1) is 10.6 Å². The lowest BCUT2D eigenvalue weighted by molar-refractivity contribution is 0.0956. The molecule has 0 aliphatic rings. The van der Waals surface area contributed by atoms with Crippen molar-refractivity contribution in [2.45, 2.75) is 31.4 Å². The van der Waals surface area contributed by atoms with Gasteiger partial charge in [0, 0.05) is 23.6 Å². The first-order valence-corrected chi connectivity index (χ1v) is 13.1. The zero-order chi connectivity index (χ0) is 24.0. The van der Waals surface area contributed by atoms with E-state index >= 15 is 0 Å². The van der Waals surface area contributed by atoms with Crippen molar-refractivity contribution in [2.24, 2.45) is 0 Å². The molecular weight excluding hydrogens is 459 g/mol. The number of halogens is 1. The predicted octanol–water partition coefficient (Wildman–Crippen LogP) is 5.21. The largest absolute Gasteiger partial charge is 0.351 e. The van der Waals surface area contributed by atoms with Crippen LogP contribution in [0.5, 0.6) is 0 Å². The van der Waals surface area contributed by atoms with Crippen LogP contribution in [-0.4, -0.2) is 26.6 Å². The lowest BCUT2D eigenvalue weighted by atomic mass is 10.1. The summed E-state index contributed by atoms with van der Waals surface area (Å²) in [4.78, 5) is 12.6. The minimum absolute atomic E-state index is 0.0602. The van der Waals surface area contributed by atoms with E-state index in [1.807, 2.05) is 19.9 Å². The van der Waals surface area contributed by atoms with Gasteiger partial charge in [0.2, 0.25) is 0 Å². The Hall–Kier alpha value is -2.84. The molecule has 33 heavy (non-hydrogen) atoms. The Bertz CT molecular complexity index is 1260. The van der Waals surface area contributed by atoms with Gasteiger partial charge in [-0.1, -0.05) is 36.4 Å². The van der Waals surface area contributed by atoms with Crippen molar-refractivity contribution in [3.05, 3.63) is 94.3 Å². The summed E-state index contributed by atoms with van der Waals surface area (Å²) in [5.41, 5.74) is 3.77. The molecule has 0 heterocycles. The van der Waals surface area contributed by atoms with Crippen LogP contribution in [0.25, 0.3) is 0 Å². The number of hydrogen-bond acceptors (Lipinski definition) is 4. The van der Waals surface area contributed by atoms with Crippen LogP contribution in [-0.2, 0) is 15.8 Å². The predicted molar refractivity (Wildman–Crippen MR) is 133 cm³/mol. The number of rotatable bonds is 9. The first-order valence-electron chi connectivity index (χ1n) is 10.5. The zero-order valence-corrected chi connectivity index (χ0v) is 20.4. The topological polar surface area (TPSA) is 75.3 Å². The van der Waals surface area contributed by atoms with E-state index in [9.17, 15) is 17.6 Å². The fourth-order valence-electron chi connectivity index (χ4n) is 3.23. The highest BCUT2D eigenvalue weighted by Crippen LogP contribution is 2.24. The maximum atomic E-state index is 13.7. The third kappa shape index (κ3) is 6.36. The number of hydrogen-bond donors (Lipinski definition) is 2. The second kappa shape index (κ2) is 10.9. The molecule has 0 saturated heterocycles. The standard InChI is InChI=1S/C25H27FN2O3S2/c1-17-7-6-10-23(19(17)3)28-33(30,31)24-15-20(12-11-18(24)2)25(29)27-13-14-32-16-21-8-4-5-9-22(21)26/h4-12,15,28H,13-14,16H2,1-3H3,(H,27,29). The van der Waals surface area contributed by atoms with E-state index in [4.69, 9.17) is 0 Å². The second-order valence-corrected chi connectivity index (χ2v) is 10.5. The number of amides is 1. The maximum absolute atomic E-state index is 13.7. The second-order valence-electron chi connectivity index (χ2n) is 7.73. The lowest BCUT2D eigenvalue weighted by Crippen LogP contribution is -2.26. The van der Waals surface area contributed by atoms with E-state index in [0.717, 1.165) is 11.1 Å². The van der Waals surface area contributed by atoms with Crippen LogP contribution in [0.1, 0.15) is 32.6 Å². The average Bonchev–Trinajstić information content (AvgIpc) is 2.78. The Labute approximate surface area is 198 Å². The van der Waals surface area contributed by atoms with Crippen molar-refractivity contribution < 1.29 is 17.6 Å². The number of anilines is 1. The number of nitrogens with one attached hydrogen (secondary N) is 2. The number of sulfonamides is 1. The monoisotopic (exact) mass is 486 g/mol. The summed E-state index contributed by atoms with van der Waals surface area (Å²) >= 11 is 1.51. The SMILES string of the molecule is Cc1ccc(C(=O)NCCSCc2ccccc2F)cc1S(=O)(=O)Nc1cccc(C)c1C. The van der Waals surface area contributed by atoms with E-state index in [-0.39, 0.29) is 22.2 Å². The van der Waals surface area contributed by atoms with Crippen molar-refractivity contribution in [2.75, 3.05) is 17.0 Å². The maximum Gasteiger partial charge on any atom is 0.262 e. The molecule has 0 radical (unpaired) electrons. The molecule has 0 atom stereocenters. The van der Waals surface area contributed by atoms with Gasteiger partial charge < -0.3 is 5.32 Å². The highest BCUT2D eigenvalue weighted by Gasteiger charge is 2.20. The smallest absolute Gasteiger partial charge is 0.262 e. The summed E-state index contributed by atoms with van der Waals surface area (Å²) in [6.45, 7) is 5.85.